The topological polar surface area (TPSA) is 21.3 Å². The molecule has 0 fully saturated rings. The summed E-state index contributed by atoms with van der Waals surface area (Å²) in [7, 11) is 0. The normalized spacial score (nSPS) is 15.8. The minimum atomic E-state index is 0.494. The molecule has 1 atom stereocenters. The second-order valence-corrected chi connectivity index (χ2v) is 6.00. The van der Waals surface area contributed by atoms with Crippen molar-refractivity contribution in [2.24, 2.45) is 5.92 Å². The molecule has 1 unspecified atom stereocenters. The second kappa shape index (κ2) is 7.06. The molecule has 1 N–H and O–H groups in total. The summed E-state index contributed by atoms with van der Waals surface area (Å²) in [5, 5.41) is 3.69. The van der Waals surface area contributed by atoms with E-state index in [0.29, 0.717) is 6.04 Å². The largest absolute Gasteiger partial charge is 0.372 e. The van der Waals surface area contributed by atoms with Crippen LogP contribution in [0.1, 0.15) is 62.8 Å². The summed E-state index contributed by atoms with van der Waals surface area (Å²) in [4.78, 5) is 0. The van der Waals surface area contributed by atoms with Crippen LogP contribution >= 0.6 is 0 Å². The molecule has 1 aliphatic heterocycles. The predicted octanol–water partition coefficient (Wildman–Crippen LogP) is 4.19. The zero-order valence-electron chi connectivity index (χ0n) is 12.5. The van der Waals surface area contributed by atoms with Crippen LogP contribution in [0.5, 0.6) is 0 Å². The third kappa shape index (κ3) is 4.05. The van der Waals surface area contributed by atoms with Crippen molar-refractivity contribution < 1.29 is 4.74 Å². The summed E-state index contributed by atoms with van der Waals surface area (Å²) >= 11 is 0. The Balaban J connectivity index is 2.07. The van der Waals surface area contributed by atoms with Gasteiger partial charge in [-0.2, -0.15) is 0 Å². The third-order valence-corrected chi connectivity index (χ3v) is 3.82. The second-order valence-electron chi connectivity index (χ2n) is 6.00. The summed E-state index contributed by atoms with van der Waals surface area (Å²) in [6.45, 7) is 9.49. The van der Waals surface area contributed by atoms with Gasteiger partial charge in [-0.05, 0) is 48.4 Å². The minimum absolute atomic E-state index is 0.494. The molecular weight excluding hydrogens is 234 g/mol. The molecule has 0 aliphatic carbocycles. The molecule has 0 aromatic heterocycles. The molecule has 19 heavy (non-hydrogen) atoms. The number of fused-ring (bicyclic) bond motifs is 1. The van der Waals surface area contributed by atoms with Gasteiger partial charge in [0.15, 0.2) is 0 Å². The van der Waals surface area contributed by atoms with Gasteiger partial charge in [0.1, 0.15) is 0 Å². The lowest BCUT2D eigenvalue weighted by Gasteiger charge is -2.20. The van der Waals surface area contributed by atoms with Gasteiger partial charge in [0, 0.05) is 6.04 Å². The SMILES string of the molecule is CCCNC(CCC(C)C)c1ccc2c(c1)COC2. The maximum Gasteiger partial charge on any atom is 0.0725 e. The molecule has 106 valence electrons. The molecule has 0 amide bonds. The molecule has 2 heteroatoms. The molecule has 0 saturated heterocycles. The molecule has 1 aromatic rings. The molecular formula is C17H27NO. The first-order valence-electron chi connectivity index (χ1n) is 7.63. The summed E-state index contributed by atoms with van der Waals surface area (Å²) in [6, 6.07) is 7.36. The van der Waals surface area contributed by atoms with Crippen molar-refractivity contribution in [1.29, 1.82) is 0 Å². The molecule has 0 saturated carbocycles. The number of hydrogen-bond acceptors (Lipinski definition) is 2. The Bertz CT molecular complexity index is 400. The van der Waals surface area contributed by atoms with E-state index in [4.69, 9.17) is 4.74 Å². The lowest BCUT2D eigenvalue weighted by molar-refractivity contribution is 0.134. The molecule has 2 rings (SSSR count). The van der Waals surface area contributed by atoms with E-state index in [1.165, 1.54) is 36.0 Å². The maximum atomic E-state index is 5.51. The summed E-state index contributed by atoms with van der Waals surface area (Å²) in [5.74, 6) is 0.767. The standard InChI is InChI=1S/C17H27NO/c1-4-9-18-17(8-5-13(2)3)14-6-7-15-11-19-12-16(15)10-14/h6-7,10,13,17-18H,4-5,8-9,11-12H2,1-3H3. The first-order valence-corrected chi connectivity index (χ1v) is 7.63. The fourth-order valence-corrected chi connectivity index (χ4v) is 2.61. The van der Waals surface area contributed by atoms with Crippen LogP contribution in [-0.2, 0) is 18.0 Å². The first kappa shape index (κ1) is 14.5. The Kier molecular flexibility index (Phi) is 5.41. The van der Waals surface area contributed by atoms with Gasteiger partial charge in [0.05, 0.1) is 13.2 Å². The van der Waals surface area contributed by atoms with Crippen LogP contribution in [0.3, 0.4) is 0 Å². The van der Waals surface area contributed by atoms with E-state index in [2.05, 4.69) is 44.3 Å². The molecule has 0 spiro atoms. The van der Waals surface area contributed by atoms with Gasteiger partial charge in [-0.15, -0.1) is 0 Å². The monoisotopic (exact) mass is 261 g/mol. The maximum absolute atomic E-state index is 5.51. The smallest absolute Gasteiger partial charge is 0.0725 e. The van der Waals surface area contributed by atoms with Crippen LogP contribution < -0.4 is 5.32 Å². The predicted molar refractivity (Wildman–Crippen MR) is 80.0 cm³/mol. The van der Waals surface area contributed by atoms with Gasteiger partial charge < -0.3 is 10.1 Å². The van der Waals surface area contributed by atoms with E-state index in [9.17, 15) is 0 Å². The molecule has 0 bridgehead atoms. The van der Waals surface area contributed by atoms with Gasteiger partial charge in [0.25, 0.3) is 0 Å². The van der Waals surface area contributed by atoms with Crippen molar-refractivity contribution in [2.75, 3.05) is 6.54 Å². The minimum Gasteiger partial charge on any atom is -0.372 e. The lowest BCUT2D eigenvalue weighted by atomic mass is 9.95. The highest BCUT2D eigenvalue weighted by Crippen LogP contribution is 2.27. The van der Waals surface area contributed by atoms with E-state index >= 15 is 0 Å². The highest BCUT2D eigenvalue weighted by atomic mass is 16.5. The van der Waals surface area contributed by atoms with Crippen LogP contribution in [0.4, 0.5) is 0 Å². The zero-order chi connectivity index (χ0) is 13.7. The Hall–Kier alpha value is -0.860. The highest BCUT2D eigenvalue weighted by Gasteiger charge is 2.16. The molecule has 1 aliphatic rings. The number of nitrogens with one attached hydrogen (secondary N) is 1. The highest BCUT2D eigenvalue weighted by molar-refractivity contribution is 5.34. The Morgan fingerprint density at radius 3 is 2.68 bits per heavy atom. The van der Waals surface area contributed by atoms with Crippen molar-refractivity contribution in [3.8, 4) is 0 Å². The van der Waals surface area contributed by atoms with Crippen molar-refractivity contribution in [1.82, 2.24) is 5.32 Å². The number of rotatable bonds is 7. The first-order chi connectivity index (χ1) is 9.20. The number of ether oxygens (including phenoxy) is 1. The van der Waals surface area contributed by atoms with E-state index < -0.39 is 0 Å². The Morgan fingerprint density at radius 2 is 1.95 bits per heavy atom. The molecule has 1 aromatic carbocycles. The van der Waals surface area contributed by atoms with Crippen LogP contribution in [0.15, 0.2) is 18.2 Å². The lowest BCUT2D eigenvalue weighted by Crippen LogP contribution is -2.22. The fraction of sp³-hybridized carbons (Fsp3) is 0.647. The van der Waals surface area contributed by atoms with Crippen LogP contribution in [-0.4, -0.2) is 6.54 Å². The van der Waals surface area contributed by atoms with Crippen LogP contribution in [0, 0.1) is 5.92 Å². The van der Waals surface area contributed by atoms with Gasteiger partial charge in [-0.1, -0.05) is 39.0 Å². The van der Waals surface area contributed by atoms with E-state index in [-0.39, 0.29) is 0 Å². The van der Waals surface area contributed by atoms with Crippen molar-refractivity contribution in [2.45, 2.75) is 59.3 Å². The van der Waals surface area contributed by atoms with E-state index in [0.717, 1.165) is 25.7 Å². The average molecular weight is 261 g/mol. The van der Waals surface area contributed by atoms with Gasteiger partial charge in [-0.25, -0.2) is 0 Å². The zero-order valence-corrected chi connectivity index (χ0v) is 12.5. The van der Waals surface area contributed by atoms with Gasteiger partial charge in [-0.3, -0.25) is 0 Å². The number of benzene rings is 1. The van der Waals surface area contributed by atoms with Crippen molar-refractivity contribution in [3.05, 3.63) is 34.9 Å². The van der Waals surface area contributed by atoms with Crippen molar-refractivity contribution >= 4 is 0 Å². The summed E-state index contributed by atoms with van der Waals surface area (Å²) < 4.78 is 5.51. The average Bonchev–Trinajstić information content (AvgIpc) is 2.85. The van der Waals surface area contributed by atoms with Crippen molar-refractivity contribution in [3.63, 3.8) is 0 Å². The van der Waals surface area contributed by atoms with Crippen LogP contribution in [0.25, 0.3) is 0 Å². The van der Waals surface area contributed by atoms with Crippen LogP contribution in [0.2, 0.25) is 0 Å². The fourth-order valence-electron chi connectivity index (χ4n) is 2.61. The van der Waals surface area contributed by atoms with Gasteiger partial charge in [0.2, 0.25) is 0 Å². The van der Waals surface area contributed by atoms with E-state index in [1.807, 2.05) is 0 Å². The summed E-state index contributed by atoms with van der Waals surface area (Å²) in [6.07, 6.45) is 3.68. The van der Waals surface area contributed by atoms with E-state index in [1.54, 1.807) is 0 Å². The van der Waals surface area contributed by atoms with Gasteiger partial charge >= 0.3 is 0 Å². The Morgan fingerprint density at radius 1 is 1.16 bits per heavy atom. The summed E-state index contributed by atoms with van der Waals surface area (Å²) in [5.41, 5.74) is 4.17. The Labute approximate surface area is 117 Å². The molecule has 2 nitrogen and oxygen atoms in total. The molecule has 0 radical (unpaired) electrons. The third-order valence-electron chi connectivity index (χ3n) is 3.82. The molecule has 1 heterocycles. The quantitative estimate of drug-likeness (QED) is 0.794. The number of hydrogen-bond donors (Lipinski definition) is 1.